The van der Waals surface area contributed by atoms with Gasteiger partial charge < -0.3 is 19.1 Å². The van der Waals surface area contributed by atoms with E-state index >= 15 is 4.39 Å². The molecule has 236 valence electrons. The number of halogens is 2. The maximum Gasteiger partial charge on any atom is 0.414 e. The van der Waals surface area contributed by atoms with Gasteiger partial charge in [0.05, 0.1) is 17.1 Å². The van der Waals surface area contributed by atoms with E-state index in [1.54, 1.807) is 17.0 Å². The minimum absolute atomic E-state index is 0.0516. The molecule has 2 fully saturated rings. The van der Waals surface area contributed by atoms with Crippen LogP contribution in [0.1, 0.15) is 25.6 Å². The first-order valence-electron chi connectivity index (χ1n) is 15.0. The van der Waals surface area contributed by atoms with Crippen molar-refractivity contribution in [2.75, 3.05) is 60.3 Å². The summed E-state index contributed by atoms with van der Waals surface area (Å²) in [5, 5.41) is 0.572. The largest absolute Gasteiger partial charge is 0.447 e. The van der Waals surface area contributed by atoms with Gasteiger partial charge in [0.2, 0.25) is 0 Å². The molecule has 2 aliphatic heterocycles. The van der Waals surface area contributed by atoms with Crippen molar-refractivity contribution in [3.8, 4) is 22.4 Å². The summed E-state index contributed by atoms with van der Waals surface area (Å²) in [4.78, 5) is 18.1. The summed E-state index contributed by atoms with van der Waals surface area (Å²) < 4.78 is 49.1. The lowest BCUT2D eigenvalue weighted by molar-refractivity contribution is 0.181. The maximum absolute atomic E-state index is 15.4. The Bertz CT molecular complexity index is 1850. The number of piperazine rings is 1. The molecule has 0 aliphatic carbocycles. The van der Waals surface area contributed by atoms with Crippen LogP contribution < -0.4 is 14.7 Å². The number of carbonyl (C=O) groups is 1. The molecule has 2 aliphatic rings. The van der Waals surface area contributed by atoms with Gasteiger partial charge in [-0.1, -0.05) is 23.7 Å². The van der Waals surface area contributed by atoms with Gasteiger partial charge >= 0.3 is 6.09 Å². The molecule has 0 radical (unpaired) electrons. The number of amides is 1. The van der Waals surface area contributed by atoms with E-state index in [-0.39, 0.29) is 17.0 Å². The summed E-state index contributed by atoms with van der Waals surface area (Å²) in [6.45, 7) is 9.49. The topological polar surface area (TPSA) is 75.1 Å². The number of hydrogen-bond acceptors (Lipinski definition) is 6. The van der Waals surface area contributed by atoms with Gasteiger partial charge in [0.15, 0.2) is 9.84 Å². The number of hydrogen-bond donors (Lipinski definition) is 0. The number of carbonyl (C=O) groups excluding carboxylic acids is 1. The Morgan fingerprint density at radius 2 is 1.42 bits per heavy atom. The molecule has 11 heteroatoms. The SMILES string of the molecule is Cc1c(S(C)(=O)=O)c(-c2cc(F)cc(N3CCN(c4ccc(N5CCOC5=O)cc4)CC3)c2)c(-c2ccc(Cl)cc2)n1C(C)C. The third-order valence-corrected chi connectivity index (χ3v) is 10.00. The predicted octanol–water partition coefficient (Wildman–Crippen LogP) is 7.19. The number of nitrogens with zero attached hydrogens (tertiary/aromatic N) is 4. The van der Waals surface area contributed by atoms with Crippen molar-refractivity contribution < 1.29 is 22.3 Å². The van der Waals surface area contributed by atoms with Crippen LogP contribution in [0.2, 0.25) is 5.02 Å². The quantitative estimate of drug-likeness (QED) is 0.211. The molecule has 6 rings (SSSR count). The Kier molecular flexibility index (Phi) is 8.30. The standard InChI is InChI=1S/C34H36ClFN4O4S/c1-22(2)40-23(3)33(45(4,42)43)31(32(40)24-5-7-26(35)8-6-24)25-19-27(36)21-30(20-25)38-15-13-37(14-16-38)28-9-11-29(12-10-28)39-17-18-44-34(39)41/h5-12,19-22H,13-18H2,1-4H3. The highest BCUT2D eigenvalue weighted by molar-refractivity contribution is 7.91. The first-order chi connectivity index (χ1) is 21.4. The molecule has 1 amide bonds. The summed E-state index contributed by atoms with van der Waals surface area (Å²) in [5.74, 6) is -0.433. The average molecular weight is 651 g/mol. The van der Waals surface area contributed by atoms with Crippen LogP contribution >= 0.6 is 11.6 Å². The van der Waals surface area contributed by atoms with Crippen LogP contribution in [0.15, 0.2) is 71.6 Å². The van der Waals surface area contributed by atoms with Crippen molar-refractivity contribution in [3.05, 3.63) is 83.3 Å². The van der Waals surface area contributed by atoms with Gasteiger partial charge in [0.1, 0.15) is 12.4 Å². The third-order valence-electron chi connectivity index (χ3n) is 8.50. The van der Waals surface area contributed by atoms with E-state index in [9.17, 15) is 13.2 Å². The van der Waals surface area contributed by atoms with Crippen molar-refractivity contribution in [1.82, 2.24) is 4.57 Å². The van der Waals surface area contributed by atoms with E-state index in [0.29, 0.717) is 72.6 Å². The molecule has 4 aromatic rings. The van der Waals surface area contributed by atoms with E-state index in [0.717, 1.165) is 16.9 Å². The lowest BCUT2D eigenvalue weighted by atomic mass is 9.99. The summed E-state index contributed by atoms with van der Waals surface area (Å²) >= 11 is 6.20. The van der Waals surface area contributed by atoms with Gasteiger partial charge in [-0.15, -0.1) is 0 Å². The van der Waals surface area contributed by atoms with Gasteiger partial charge in [-0.05, 0) is 86.5 Å². The molecule has 3 heterocycles. The van der Waals surface area contributed by atoms with Crippen molar-refractivity contribution in [2.24, 2.45) is 0 Å². The monoisotopic (exact) mass is 650 g/mol. The van der Waals surface area contributed by atoms with E-state index < -0.39 is 15.7 Å². The number of anilines is 3. The van der Waals surface area contributed by atoms with E-state index in [1.807, 2.05) is 67.8 Å². The van der Waals surface area contributed by atoms with Crippen molar-refractivity contribution in [2.45, 2.75) is 31.7 Å². The maximum atomic E-state index is 15.4. The van der Waals surface area contributed by atoms with Crippen LogP contribution in [0.3, 0.4) is 0 Å². The van der Waals surface area contributed by atoms with Crippen molar-refractivity contribution >= 4 is 44.6 Å². The van der Waals surface area contributed by atoms with Crippen molar-refractivity contribution in [3.63, 3.8) is 0 Å². The molecule has 0 saturated carbocycles. The Morgan fingerprint density at radius 3 is 1.98 bits per heavy atom. The summed E-state index contributed by atoms with van der Waals surface area (Å²) in [7, 11) is -3.68. The van der Waals surface area contributed by atoms with Crippen LogP contribution in [-0.4, -0.2) is 64.7 Å². The highest BCUT2D eigenvalue weighted by atomic mass is 35.5. The molecule has 1 aromatic heterocycles. The number of sulfone groups is 1. The highest BCUT2D eigenvalue weighted by Gasteiger charge is 2.31. The predicted molar refractivity (Wildman–Crippen MR) is 178 cm³/mol. The fourth-order valence-corrected chi connectivity index (χ4v) is 7.89. The zero-order chi connectivity index (χ0) is 32.0. The molecule has 3 aromatic carbocycles. The van der Waals surface area contributed by atoms with Gasteiger partial charge in [0.25, 0.3) is 0 Å². The van der Waals surface area contributed by atoms with Crippen LogP contribution in [0.4, 0.5) is 26.2 Å². The Morgan fingerprint density at radius 1 is 0.822 bits per heavy atom. The molecule has 0 spiro atoms. The molecule has 0 bridgehead atoms. The Labute approximate surface area is 268 Å². The number of benzene rings is 3. The second-order valence-corrected chi connectivity index (χ2v) is 14.2. The van der Waals surface area contributed by atoms with Gasteiger partial charge in [0, 0.05) is 71.8 Å². The van der Waals surface area contributed by atoms with Crippen LogP contribution in [0, 0.1) is 12.7 Å². The smallest absolute Gasteiger partial charge is 0.414 e. The average Bonchev–Trinajstić information content (AvgIpc) is 3.58. The first-order valence-corrected chi connectivity index (χ1v) is 17.3. The molecular formula is C34H36ClFN4O4S. The minimum atomic E-state index is -3.68. The Balaban J connectivity index is 1.33. The second kappa shape index (κ2) is 12.1. The first kappa shape index (κ1) is 31.0. The molecule has 45 heavy (non-hydrogen) atoms. The summed E-state index contributed by atoms with van der Waals surface area (Å²) in [6, 6.07) is 19.9. The number of cyclic esters (lactones) is 1. The zero-order valence-electron chi connectivity index (χ0n) is 25.8. The van der Waals surface area contributed by atoms with E-state index in [2.05, 4.69) is 9.80 Å². The lowest BCUT2D eigenvalue weighted by Gasteiger charge is -2.37. The van der Waals surface area contributed by atoms with Crippen LogP contribution in [0.25, 0.3) is 22.4 Å². The molecule has 0 unspecified atom stereocenters. The van der Waals surface area contributed by atoms with Gasteiger partial charge in [-0.25, -0.2) is 17.6 Å². The van der Waals surface area contributed by atoms with E-state index in [4.69, 9.17) is 16.3 Å². The fourth-order valence-electron chi connectivity index (χ4n) is 6.54. The molecule has 8 nitrogen and oxygen atoms in total. The lowest BCUT2D eigenvalue weighted by Crippen LogP contribution is -2.46. The van der Waals surface area contributed by atoms with Gasteiger partial charge in [-0.3, -0.25) is 4.90 Å². The Hall–Kier alpha value is -4.02. The summed E-state index contributed by atoms with van der Waals surface area (Å²) in [5.41, 5.74) is 5.67. The molecule has 2 saturated heterocycles. The highest BCUT2D eigenvalue weighted by Crippen LogP contribution is 2.44. The van der Waals surface area contributed by atoms with Crippen molar-refractivity contribution in [1.29, 1.82) is 0 Å². The zero-order valence-corrected chi connectivity index (χ0v) is 27.3. The fraction of sp³-hybridized carbons (Fsp3) is 0.324. The number of aromatic nitrogens is 1. The van der Waals surface area contributed by atoms with Crippen LogP contribution in [0.5, 0.6) is 0 Å². The minimum Gasteiger partial charge on any atom is -0.447 e. The number of rotatable bonds is 7. The summed E-state index contributed by atoms with van der Waals surface area (Å²) in [6.07, 6.45) is 0.878. The normalized spacial score (nSPS) is 15.7. The molecular weight excluding hydrogens is 615 g/mol. The van der Waals surface area contributed by atoms with E-state index in [1.165, 1.54) is 18.4 Å². The van der Waals surface area contributed by atoms with Crippen LogP contribution in [-0.2, 0) is 14.6 Å². The molecule has 0 N–H and O–H groups in total. The number of ether oxygens (including phenoxy) is 1. The molecule has 0 atom stereocenters. The van der Waals surface area contributed by atoms with Gasteiger partial charge in [-0.2, -0.15) is 0 Å². The third kappa shape index (κ3) is 6.01. The second-order valence-electron chi connectivity index (χ2n) is 11.8.